The minimum atomic E-state index is -1.34. The van der Waals surface area contributed by atoms with Crippen molar-refractivity contribution in [3.8, 4) is 6.07 Å². The fourth-order valence-electron chi connectivity index (χ4n) is 1.91. The highest BCUT2D eigenvalue weighted by Crippen LogP contribution is 2.30. The molecular formula is C13H10ClN3O3. The van der Waals surface area contributed by atoms with Crippen molar-refractivity contribution < 1.29 is 14.4 Å². The van der Waals surface area contributed by atoms with Gasteiger partial charge in [0, 0.05) is 17.3 Å². The van der Waals surface area contributed by atoms with Gasteiger partial charge in [-0.15, -0.1) is 0 Å². The van der Waals surface area contributed by atoms with E-state index in [4.69, 9.17) is 17.0 Å². The molecule has 0 atom stereocenters. The molecule has 0 bridgehead atoms. The van der Waals surface area contributed by atoms with E-state index < -0.39 is 23.4 Å². The van der Waals surface area contributed by atoms with Crippen LogP contribution in [0.2, 0.25) is 0 Å². The highest BCUT2D eigenvalue weighted by Gasteiger charge is 2.54. The fraction of sp³-hybridized carbons (Fsp3) is 0.231. The molecular weight excluding hydrogens is 282 g/mol. The van der Waals surface area contributed by atoms with Gasteiger partial charge in [0.2, 0.25) is 0 Å². The molecule has 0 radical (unpaired) electrons. The molecule has 0 saturated carbocycles. The third-order valence-electron chi connectivity index (χ3n) is 3.08. The molecule has 102 valence electrons. The van der Waals surface area contributed by atoms with Crippen molar-refractivity contribution >= 4 is 29.6 Å². The van der Waals surface area contributed by atoms with E-state index in [1.54, 1.807) is 0 Å². The maximum absolute atomic E-state index is 12.3. The quantitative estimate of drug-likeness (QED) is 0.584. The number of carbonyl (C=O) groups excluding carboxylic acids is 3. The first-order chi connectivity index (χ1) is 9.30. The number of benzene rings is 1. The average molecular weight is 292 g/mol. The number of hydrogen-bond donors (Lipinski definition) is 0. The van der Waals surface area contributed by atoms with Crippen LogP contribution in [-0.2, 0) is 4.79 Å². The third kappa shape index (κ3) is 1.92. The Balaban J connectivity index is 2.40. The van der Waals surface area contributed by atoms with Crippen LogP contribution in [0.25, 0.3) is 0 Å². The molecule has 7 heteroatoms. The molecule has 1 aromatic carbocycles. The van der Waals surface area contributed by atoms with Gasteiger partial charge in [-0.3, -0.25) is 9.59 Å². The maximum Gasteiger partial charge on any atom is 0.349 e. The summed E-state index contributed by atoms with van der Waals surface area (Å²) in [5.41, 5.74) is -0.752. The second kappa shape index (κ2) is 4.62. The Bertz CT molecular complexity index is 646. The van der Waals surface area contributed by atoms with Crippen molar-refractivity contribution in [1.29, 1.82) is 5.26 Å². The Morgan fingerprint density at radius 3 is 2.20 bits per heavy atom. The summed E-state index contributed by atoms with van der Waals surface area (Å²) in [7, 11) is 0. The number of imide groups is 2. The molecule has 0 N–H and O–H groups in total. The maximum atomic E-state index is 12.3. The number of urea groups is 1. The van der Waals surface area contributed by atoms with Gasteiger partial charge in [0.15, 0.2) is 0 Å². The zero-order chi connectivity index (χ0) is 15.1. The van der Waals surface area contributed by atoms with Crippen LogP contribution >= 0.6 is 11.8 Å². The van der Waals surface area contributed by atoms with Gasteiger partial charge >= 0.3 is 6.03 Å². The summed E-state index contributed by atoms with van der Waals surface area (Å²) in [5, 5.41) is 8.70. The van der Waals surface area contributed by atoms with E-state index in [9.17, 15) is 14.4 Å². The van der Waals surface area contributed by atoms with Gasteiger partial charge in [-0.2, -0.15) is 9.68 Å². The zero-order valence-electron chi connectivity index (χ0n) is 10.8. The standard InChI is InChI=1S/C13H10ClN3O3/c1-13(2)11(19)17(14)12(20)16(13)10(18)9-5-3-8(7-15)4-6-9/h3-6H,1-2H3. The number of nitrogens with zero attached hydrogens (tertiary/aromatic N) is 3. The van der Waals surface area contributed by atoms with Crippen LogP contribution in [0.15, 0.2) is 24.3 Å². The number of halogens is 1. The number of amides is 4. The predicted octanol–water partition coefficient (Wildman–Crippen LogP) is 1.90. The van der Waals surface area contributed by atoms with E-state index in [0.29, 0.717) is 9.98 Å². The van der Waals surface area contributed by atoms with Crippen molar-refractivity contribution in [2.75, 3.05) is 0 Å². The minimum Gasteiger partial charge on any atom is -0.270 e. The molecule has 0 unspecified atom stereocenters. The molecule has 0 aromatic heterocycles. The summed E-state index contributed by atoms with van der Waals surface area (Å²) >= 11 is 5.57. The van der Waals surface area contributed by atoms with E-state index >= 15 is 0 Å². The Labute approximate surface area is 120 Å². The van der Waals surface area contributed by atoms with Crippen molar-refractivity contribution in [2.24, 2.45) is 0 Å². The molecule has 1 aliphatic rings. The molecule has 0 spiro atoms. The number of carbonyl (C=O) groups is 3. The number of nitriles is 1. The second-order valence-electron chi connectivity index (χ2n) is 4.76. The van der Waals surface area contributed by atoms with Crippen molar-refractivity contribution in [2.45, 2.75) is 19.4 Å². The van der Waals surface area contributed by atoms with Crippen molar-refractivity contribution in [3.63, 3.8) is 0 Å². The monoisotopic (exact) mass is 291 g/mol. The van der Waals surface area contributed by atoms with Crippen LogP contribution in [0, 0.1) is 11.3 Å². The third-order valence-corrected chi connectivity index (χ3v) is 3.38. The van der Waals surface area contributed by atoms with Gasteiger partial charge in [-0.1, -0.05) is 0 Å². The molecule has 6 nitrogen and oxygen atoms in total. The van der Waals surface area contributed by atoms with Crippen LogP contribution in [-0.4, -0.2) is 32.7 Å². The van der Waals surface area contributed by atoms with Crippen molar-refractivity contribution in [1.82, 2.24) is 9.32 Å². The summed E-state index contributed by atoms with van der Waals surface area (Å²) in [5.74, 6) is -1.30. The van der Waals surface area contributed by atoms with E-state index in [-0.39, 0.29) is 5.56 Å². The lowest BCUT2D eigenvalue weighted by Gasteiger charge is -2.25. The first-order valence-corrected chi connectivity index (χ1v) is 6.03. The van der Waals surface area contributed by atoms with E-state index in [2.05, 4.69) is 0 Å². The van der Waals surface area contributed by atoms with Crippen LogP contribution < -0.4 is 0 Å². The van der Waals surface area contributed by atoms with Crippen LogP contribution in [0.5, 0.6) is 0 Å². The summed E-state index contributed by atoms with van der Waals surface area (Å²) in [6.07, 6.45) is 0. The van der Waals surface area contributed by atoms with Crippen LogP contribution in [0.3, 0.4) is 0 Å². The second-order valence-corrected chi connectivity index (χ2v) is 5.10. The zero-order valence-corrected chi connectivity index (χ0v) is 11.5. The molecule has 1 fully saturated rings. The highest BCUT2D eigenvalue weighted by atomic mass is 35.5. The van der Waals surface area contributed by atoms with Gasteiger partial charge in [0.25, 0.3) is 11.8 Å². The lowest BCUT2D eigenvalue weighted by Crippen LogP contribution is -2.47. The molecule has 1 aromatic rings. The van der Waals surface area contributed by atoms with Crippen LogP contribution in [0.1, 0.15) is 29.8 Å². The lowest BCUT2D eigenvalue weighted by atomic mass is 10.0. The molecule has 0 aliphatic carbocycles. The van der Waals surface area contributed by atoms with Gasteiger partial charge in [0.1, 0.15) is 5.54 Å². The Hall–Kier alpha value is -2.39. The molecule has 1 saturated heterocycles. The fourth-order valence-corrected chi connectivity index (χ4v) is 2.19. The first-order valence-electron chi connectivity index (χ1n) is 5.69. The number of rotatable bonds is 1. The van der Waals surface area contributed by atoms with Gasteiger partial charge < -0.3 is 0 Å². The van der Waals surface area contributed by atoms with Crippen molar-refractivity contribution in [3.05, 3.63) is 35.4 Å². The lowest BCUT2D eigenvalue weighted by molar-refractivity contribution is -0.128. The van der Waals surface area contributed by atoms with Crippen LogP contribution in [0.4, 0.5) is 4.79 Å². The first kappa shape index (κ1) is 14.0. The van der Waals surface area contributed by atoms with Gasteiger partial charge in [0.05, 0.1) is 11.6 Å². The minimum absolute atomic E-state index is 0.199. The topological polar surface area (TPSA) is 81.5 Å². The summed E-state index contributed by atoms with van der Waals surface area (Å²) in [6.45, 7) is 2.88. The summed E-state index contributed by atoms with van der Waals surface area (Å²) in [6, 6.07) is 6.81. The largest absolute Gasteiger partial charge is 0.349 e. The molecule has 20 heavy (non-hydrogen) atoms. The predicted molar refractivity (Wildman–Crippen MR) is 69.5 cm³/mol. The van der Waals surface area contributed by atoms with E-state index in [1.165, 1.54) is 38.1 Å². The molecule has 2 rings (SSSR count). The Morgan fingerprint density at radius 2 is 1.80 bits per heavy atom. The Kier molecular flexibility index (Phi) is 3.24. The SMILES string of the molecule is CC1(C)C(=O)N(Cl)C(=O)N1C(=O)c1ccc(C#N)cc1. The van der Waals surface area contributed by atoms with E-state index in [1.807, 2.05) is 6.07 Å². The Morgan fingerprint density at radius 1 is 1.25 bits per heavy atom. The van der Waals surface area contributed by atoms with E-state index in [0.717, 1.165) is 4.90 Å². The summed E-state index contributed by atoms with van der Waals surface area (Å²) in [4.78, 5) is 36.9. The number of hydrogen-bond acceptors (Lipinski definition) is 4. The smallest absolute Gasteiger partial charge is 0.270 e. The normalized spacial score (nSPS) is 17.3. The van der Waals surface area contributed by atoms with Gasteiger partial charge in [-0.05, 0) is 38.1 Å². The molecule has 4 amide bonds. The molecule has 1 heterocycles. The van der Waals surface area contributed by atoms with Gasteiger partial charge in [-0.25, -0.2) is 9.69 Å². The highest BCUT2D eigenvalue weighted by molar-refractivity contribution is 6.35. The summed E-state index contributed by atoms with van der Waals surface area (Å²) < 4.78 is 0.404. The molecule has 1 aliphatic heterocycles. The average Bonchev–Trinajstić information content (AvgIpc) is 2.59.